The molecule has 0 heterocycles. The predicted octanol–water partition coefficient (Wildman–Crippen LogP) is -0.405. The summed E-state index contributed by atoms with van der Waals surface area (Å²) >= 11 is 0. The van der Waals surface area contributed by atoms with Crippen LogP contribution in [0, 0.1) is 0 Å². The van der Waals surface area contributed by atoms with Gasteiger partial charge in [-0.05, 0) is 22.3 Å². The van der Waals surface area contributed by atoms with E-state index in [9.17, 15) is 0 Å². The van der Waals surface area contributed by atoms with E-state index < -0.39 is 0 Å². The summed E-state index contributed by atoms with van der Waals surface area (Å²) in [4.78, 5) is 0. The van der Waals surface area contributed by atoms with E-state index in [4.69, 9.17) is 0 Å². The number of rotatable bonds is 2. The molecule has 123 valence electrons. The second-order valence-electron chi connectivity index (χ2n) is 6.21. The Bertz CT molecular complexity index is 786. The van der Waals surface area contributed by atoms with Gasteiger partial charge in [0.05, 0.1) is 0 Å². The first-order valence-corrected chi connectivity index (χ1v) is 8.13. The van der Waals surface area contributed by atoms with E-state index >= 15 is 0 Å². The molecule has 1 aliphatic rings. The Balaban J connectivity index is 0.000000960. The van der Waals surface area contributed by atoms with Crippen molar-refractivity contribution in [2.45, 2.75) is 38.5 Å². The maximum atomic E-state index is 2.46. The molecule has 0 aromatic heterocycles. The number of hydrogen-bond acceptors (Lipinski definition) is 0. The second kappa shape index (κ2) is 9.28. The summed E-state index contributed by atoms with van der Waals surface area (Å²) in [6.45, 7) is 2.26. The average molecular weight is 436 g/mol. The molecule has 0 bridgehead atoms. The van der Waals surface area contributed by atoms with Crippen LogP contribution in [-0.2, 0) is 39.0 Å². The summed E-state index contributed by atoms with van der Waals surface area (Å²) in [5, 5.41) is 2.79. The fourth-order valence-corrected chi connectivity index (χ4v) is 3.92. The Morgan fingerprint density at radius 2 is 1.75 bits per heavy atom. The van der Waals surface area contributed by atoms with E-state index in [1.54, 1.807) is 11.1 Å². The fourth-order valence-electron chi connectivity index (χ4n) is 3.92. The Kier molecular flexibility index (Phi) is 8.33. The third kappa shape index (κ3) is 3.85. The van der Waals surface area contributed by atoms with Crippen LogP contribution in [0.15, 0.2) is 54.6 Å². The van der Waals surface area contributed by atoms with E-state index in [1.807, 2.05) is 0 Å². The smallest absolute Gasteiger partial charge is 1.00 e. The molecule has 1 aliphatic carbocycles. The molecule has 24 heavy (non-hydrogen) atoms. The quantitative estimate of drug-likeness (QED) is 0.481. The minimum atomic E-state index is 0. The van der Waals surface area contributed by atoms with Crippen LogP contribution < -0.4 is 24.8 Å². The van der Waals surface area contributed by atoms with Gasteiger partial charge in [0.15, 0.2) is 0 Å². The van der Waals surface area contributed by atoms with Crippen LogP contribution in [0.2, 0.25) is 0 Å². The molecule has 0 saturated heterocycles. The minimum Gasteiger partial charge on any atom is -1.00 e. The van der Waals surface area contributed by atoms with E-state index in [0.29, 0.717) is 5.92 Å². The van der Waals surface area contributed by atoms with Crippen LogP contribution in [0.4, 0.5) is 0 Å². The summed E-state index contributed by atoms with van der Waals surface area (Å²) in [6.07, 6.45) is 5.01. The topological polar surface area (TPSA) is 0 Å². The van der Waals surface area contributed by atoms with Crippen molar-refractivity contribution in [1.82, 2.24) is 0 Å². The van der Waals surface area contributed by atoms with Crippen LogP contribution in [0.5, 0.6) is 0 Å². The Morgan fingerprint density at radius 3 is 2.54 bits per heavy atom. The van der Waals surface area contributed by atoms with Gasteiger partial charge < -0.3 is 24.8 Å². The molecular weight excluding hydrogens is 414 g/mol. The van der Waals surface area contributed by atoms with E-state index in [2.05, 4.69) is 61.5 Å². The van der Waals surface area contributed by atoms with Crippen molar-refractivity contribution in [3.8, 4) is 0 Å². The first-order valence-electron chi connectivity index (χ1n) is 8.13. The molecule has 1 atom stereocenters. The zero-order valence-electron chi connectivity index (χ0n) is 13.9. The van der Waals surface area contributed by atoms with Gasteiger partial charge in [0.25, 0.3) is 0 Å². The normalized spacial score (nSPS) is 15.6. The molecule has 0 fully saturated rings. The molecule has 3 aromatic rings. The maximum Gasteiger partial charge on any atom is 3.00 e. The minimum absolute atomic E-state index is 0. The number of aryl methyl sites for hydroxylation is 2. The van der Waals surface area contributed by atoms with Gasteiger partial charge in [0.2, 0.25) is 0 Å². The van der Waals surface area contributed by atoms with Gasteiger partial charge in [-0.25, -0.2) is 6.07 Å². The van der Waals surface area contributed by atoms with Crippen molar-refractivity contribution < 1.29 is 51.0 Å². The van der Waals surface area contributed by atoms with Gasteiger partial charge in [0.1, 0.15) is 0 Å². The van der Waals surface area contributed by atoms with Crippen LogP contribution in [0.3, 0.4) is 0 Å². The van der Waals surface area contributed by atoms with Gasteiger partial charge in [-0.3, -0.25) is 0 Å². The molecule has 3 aromatic carbocycles. The summed E-state index contributed by atoms with van der Waals surface area (Å²) in [5.74, 6) is 0.583. The zero-order chi connectivity index (χ0) is 14.2. The maximum absolute atomic E-state index is 2.46. The molecule has 0 amide bonds. The monoisotopic (exact) mass is 433 g/mol. The average Bonchev–Trinajstić information content (AvgIpc) is 2.97. The number of fused-ring (bicyclic) bond motifs is 2. The summed E-state index contributed by atoms with van der Waals surface area (Å²) in [5.41, 5.74) is 6.21. The van der Waals surface area contributed by atoms with E-state index in [-0.39, 0.29) is 51.0 Å². The van der Waals surface area contributed by atoms with Gasteiger partial charge in [-0.1, -0.05) is 75.1 Å². The summed E-state index contributed by atoms with van der Waals surface area (Å²) < 4.78 is 0. The molecule has 0 aliphatic heterocycles. The molecule has 0 nitrogen and oxygen atoms in total. The van der Waals surface area contributed by atoms with Crippen LogP contribution in [0.25, 0.3) is 10.8 Å². The second-order valence-corrected chi connectivity index (χ2v) is 6.21. The number of halogens is 2. The fraction of sp³-hybridized carbons (Fsp3) is 0.286. The third-order valence-corrected chi connectivity index (χ3v) is 4.99. The van der Waals surface area contributed by atoms with Crippen molar-refractivity contribution in [3.63, 3.8) is 0 Å². The molecule has 1 radical (unpaired) electrons. The van der Waals surface area contributed by atoms with Crippen LogP contribution >= 0.6 is 0 Å². The first-order chi connectivity index (χ1) is 10.4. The molecule has 4 rings (SSSR count). The Morgan fingerprint density at radius 1 is 1.00 bits per heavy atom. The molecule has 0 spiro atoms. The number of benzene rings is 2. The van der Waals surface area contributed by atoms with Gasteiger partial charge in [0, 0.05) is 0 Å². The van der Waals surface area contributed by atoms with Gasteiger partial charge in [-0.15, -0.1) is 0 Å². The standard InChI is InChI=1S/C21H21.2ClH.Zr/c1-2-15-13-17-9-6-12-20(21(17)14-15)19-11-5-8-16-7-3-4-10-18(16)19;;;/h3-5,7-8,10-11,13-14,20H,2,6,9,12H2,1H3;2*1H;/q-1;;;+3/p-2. The van der Waals surface area contributed by atoms with E-state index in [1.165, 1.54) is 41.2 Å². The van der Waals surface area contributed by atoms with Crippen molar-refractivity contribution in [1.29, 1.82) is 0 Å². The van der Waals surface area contributed by atoms with Crippen molar-refractivity contribution in [2.75, 3.05) is 0 Å². The molecule has 0 saturated carbocycles. The third-order valence-electron chi connectivity index (χ3n) is 4.99. The summed E-state index contributed by atoms with van der Waals surface area (Å²) in [6, 6.07) is 20.5. The molecular formula is C21H21Cl2Zr. The molecule has 1 unspecified atom stereocenters. The summed E-state index contributed by atoms with van der Waals surface area (Å²) in [7, 11) is 0. The molecule has 3 heteroatoms. The molecule has 0 N–H and O–H groups in total. The SMILES string of the molecule is CCc1cc2c([cH-]1)CCCC2c1cccc2ccccc12.[Cl-].[Cl-].[Zr+3]. The predicted molar refractivity (Wildman–Crippen MR) is 90.1 cm³/mol. The first kappa shape index (κ1) is 21.6. The van der Waals surface area contributed by atoms with Crippen molar-refractivity contribution in [2.24, 2.45) is 0 Å². The number of hydrogen-bond donors (Lipinski definition) is 0. The van der Waals surface area contributed by atoms with Gasteiger partial charge in [-0.2, -0.15) is 22.8 Å². The van der Waals surface area contributed by atoms with Crippen LogP contribution in [-0.4, -0.2) is 0 Å². The van der Waals surface area contributed by atoms with Crippen molar-refractivity contribution in [3.05, 3.63) is 76.9 Å². The van der Waals surface area contributed by atoms with Gasteiger partial charge >= 0.3 is 26.2 Å². The van der Waals surface area contributed by atoms with E-state index in [0.717, 1.165) is 6.42 Å². The Hall–Kier alpha value is -0.487. The van der Waals surface area contributed by atoms with Crippen molar-refractivity contribution >= 4 is 10.8 Å². The Labute approximate surface area is 176 Å². The van der Waals surface area contributed by atoms with Crippen LogP contribution in [0.1, 0.15) is 47.9 Å². The largest absolute Gasteiger partial charge is 3.00 e. The zero-order valence-corrected chi connectivity index (χ0v) is 17.8.